The summed E-state index contributed by atoms with van der Waals surface area (Å²) in [5.41, 5.74) is 2.71. The first kappa shape index (κ1) is 27.6. The van der Waals surface area contributed by atoms with Crippen molar-refractivity contribution in [2.45, 2.75) is 50.9 Å². The Kier molecular flexibility index (Phi) is 6.64. The topological polar surface area (TPSA) is 187 Å². The monoisotopic (exact) mass is 551 g/mol. The third kappa shape index (κ3) is 3.95. The van der Waals surface area contributed by atoms with Crippen LogP contribution in [0, 0.1) is 11.8 Å². The molecule has 0 unspecified atom stereocenters. The van der Waals surface area contributed by atoms with Crippen LogP contribution in [-0.4, -0.2) is 74.6 Å². The van der Waals surface area contributed by atoms with Crippen LogP contribution < -0.4 is 11.1 Å². The van der Waals surface area contributed by atoms with Crippen LogP contribution >= 0.6 is 0 Å². The second kappa shape index (κ2) is 9.61. The van der Waals surface area contributed by atoms with Gasteiger partial charge in [-0.25, -0.2) is 0 Å². The van der Waals surface area contributed by atoms with Gasteiger partial charge in [0.05, 0.1) is 18.2 Å². The fourth-order valence-corrected chi connectivity index (χ4v) is 6.40. The molecule has 1 amide bonds. The van der Waals surface area contributed by atoms with Crippen molar-refractivity contribution in [3.8, 4) is 17.1 Å². The number of nitrogens with zero attached hydrogens (tertiary/aromatic N) is 1. The first-order valence-electron chi connectivity index (χ1n) is 13.1. The summed E-state index contributed by atoms with van der Waals surface area (Å²) in [6, 6.07) is 5.84. The Hall–Kier alpha value is -3.93. The number of aromatic hydroxyl groups is 1. The Bertz CT molecular complexity index is 1500. The zero-order valence-electron chi connectivity index (χ0n) is 22.7. The number of hydrogen-bond acceptors (Lipinski definition) is 10. The molecule has 3 aliphatic carbocycles. The molecule has 40 heavy (non-hydrogen) atoms. The number of aliphatic hydroxyl groups excluding tert-OH is 2. The summed E-state index contributed by atoms with van der Waals surface area (Å²) in [6.07, 6.45) is 0.196. The average molecular weight is 552 g/mol. The molecule has 4 atom stereocenters. The normalized spacial score (nSPS) is 26.3. The van der Waals surface area contributed by atoms with Crippen LogP contribution in [0.25, 0.3) is 11.3 Å². The van der Waals surface area contributed by atoms with E-state index in [0.29, 0.717) is 29.2 Å². The van der Waals surface area contributed by atoms with Crippen molar-refractivity contribution in [2.24, 2.45) is 17.6 Å². The Morgan fingerprint density at radius 3 is 2.50 bits per heavy atom. The summed E-state index contributed by atoms with van der Waals surface area (Å²) in [5.74, 6) is -5.64. The van der Waals surface area contributed by atoms with Crippen molar-refractivity contribution in [3.63, 3.8) is 0 Å². The van der Waals surface area contributed by atoms with Gasteiger partial charge in [0.25, 0.3) is 5.91 Å². The summed E-state index contributed by atoms with van der Waals surface area (Å²) in [4.78, 5) is 40.9. The highest BCUT2D eigenvalue weighted by Crippen LogP contribution is 2.53. The van der Waals surface area contributed by atoms with Gasteiger partial charge in [-0.2, -0.15) is 0 Å². The molecule has 11 heteroatoms. The third-order valence-electron chi connectivity index (χ3n) is 8.22. The van der Waals surface area contributed by atoms with Crippen LogP contribution in [0.1, 0.15) is 41.9 Å². The minimum atomic E-state index is -2.67. The van der Waals surface area contributed by atoms with Crippen molar-refractivity contribution < 1.29 is 39.2 Å². The summed E-state index contributed by atoms with van der Waals surface area (Å²) in [7, 11) is 3.18. The molecule has 212 valence electrons. The van der Waals surface area contributed by atoms with Crippen molar-refractivity contribution in [1.82, 2.24) is 10.2 Å². The van der Waals surface area contributed by atoms with Crippen molar-refractivity contribution in [3.05, 3.63) is 63.8 Å². The van der Waals surface area contributed by atoms with E-state index < -0.39 is 58.0 Å². The van der Waals surface area contributed by atoms with Crippen LogP contribution in [0.4, 0.5) is 0 Å². The molecule has 0 spiro atoms. The fraction of sp³-hybridized carbons (Fsp3) is 0.414. The number of benzene rings is 1. The number of likely N-dealkylation sites (N-methyl/N-ethyl adjacent to an activating group) is 1. The zero-order chi connectivity index (χ0) is 29.3. The Labute approximate surface area is 230 Å². The molecule has 1 aromatic carbocycles. The van der Waals surface area contributed by atoms with Gasteiger partial charge in [-0.05, 0) is 62.7 Å². The lowest BCUT2D eigenvalue weighted by atomic mass is 9.58. The van der Waals surface area contributed by atoms with Gasteiger partial charge >= 0.3 is 0 Å². The molecule has 7 N–H and O–H groups in total. The van der Waals surface area contributed by atoms with Gasteiger partial charge in [0.1, 0.15) is 34.4 Å². The van der Waals surface area contributed by atoms with Gasteiger partial charge in [0.2, 0.25) is 5.78 Å². The van der Waals surface area contributed by atoms with Crippen LogP contribution in [0.15, 0.2) is 51.3 Å². The number of nitrogens with two attached hydrogens (primary N) is 1. The molecule has 2 aromatic rings. The minimum Gasteiger partial charge on any atom is -0.510 e. The van der Waals surface area contributed by atoms with Crippen LogP contribution in [-0.2, 0) is 22.6 Å². The first-order chi connectivity index (χ1) is 18.8. The van der Waals surface area contributed by atoms with Gasteiger partial charge in [0.15, 0.2) is 11.4 Å². The van der Waals surface area contributed by atoms with Gasteiger partial charge in [-0.15, -0.1) is 0 Å². The standard InChI is InChI=1S/C29H33N3O8/c1-12(2)31-11-14-5-8-19(40-14)15-6-7-18(33)21-16(15)9-13-10-17-23(32(3)4)25(35)22(28(30)38)27(37)29(17,39)26(36)20(13)24(21)34/h5-8,12-13,17,23,31,33,35-36,39H,9-11H2,1-4H3,(H2,30,38)/t13-,17-,23+,29-/m0/s1. The van der Waals surface area contributed by atoms with Crippen molar-refractivity contribution in [2.75, 3.05) is 14.1 Å². The molecule has 5 rings (SSSR count). The second-order valence-electron chi connectivity index (χ2n) is 11.3. The minimum absolute atomic E-state index is 0.0164. The number of ketones is 2. The average Bonchev–Trinajstić information content (AvgIpc) is 3.33. The number of phenolic OH excluding ortho intramolecular Hbond substituents is 1. The van der Waals surface area contributed by atoms with Gasteiger partial charge in [-0.1, -0.05) is 13.8 Å². The van der Waals surface area contributed by atoms with E-state index in [1.807, 2.05) is 19.9 Å². The lowest BCUT2D eigenvalue weighted by molar-refractivity contribution is -0.148. The maximum Gasteiger partial charge on any atom is 0.255 e. The van der Waals surface area contributed by atoms with E-state index in [-0.39, 0.29) is 35.8 Å². The van der Waals surface area contributed by atoms with E-state index in [4.69, 9.17) is 10.2 Å². The lowest BCUT2D eigenvalue weighted by Crippen LogP contribution is -2.63. The van der Waals surface area contributed by atoms with Gasteiger partial charge < -0.3 is 35.9 Å². The number of phenols is 1. The lowest BCUT2D eigenvalue weighted by Gasteiger charge is -2.50. The number of carbonyl (C=O) groups is 3. The molecule has 1 aromatic heterocycles. The SMILES string of the molecule is CC(C)NCc1ccc(-c2ccc(O)c3c2C[C@H]2C[C@H]4[C@@H](N(C)C)C(O)=C(C(N)=O)C(=O)[C@@]4(O)C(O)=C2C3=O)o1. The highest BCUT2D eigenvalue weighted by Gasteiger charge is 2.63. The molecular formula is C29H33N3O8. The van der Waals surface area contributed by atoms with E-state index in [1.165, 1.54) is 11.0 Å². The summed E-state index contributed by atoms with van der Waals surface area (Å²) >= 11 is 0. The van der Waals surface area contributed by atoms with E-state index in [1.54, 1.807) is 26.2 Å². The maximum absolute atomic E-state index is 13.9. The Balaban J connectivity index is 1.64. The summed E-state index contributed by atoms with van der Waals surface area (Å²) in [5, 5.41) is 48.0. The van der Waals surface area contributed by atoms with Crippen LogP contribution in [0.5, 0.6) is 5.75 Å². The second-order valence-corrected chi connectivity index (χ2v) is 11.3. The molecule has 0 bridgehead atoms. The number of amides is 1. The van der Waals surface area contributed by atoms with E-state index in [2.05, 4.69) is 5.32 Å². The highest BCUT2D eigenvalue weighted by atomic mass is 16.4. The first-order valence-corrected chi connectivity index (χ1v) is 13.1. The molecule has 0 fully saturated rings. The number of allylic oxidation sites excluding steroid dienone is 1. The van der Waals surface area contributed by atoms with Crippen LogP contribution in [0.2, 0.25) is 0 Å². The summed E-state index contributed by atoms with van der Waals surface area (Å²) < 4.78 is 6.04. The number of fused-ring (bicyclic) bond motifs is 3. The Morgan fingerprint density at radius 1 is 1.18 bits per heavy atom. The molecule has 0 saturated heterocycles. The van der Waals surface area contributed by atoms with E-state index in [0.717, 1.165) is 0 Å². The number of primary amides is 1. The van der Waals surface area contributed by atoms with Gasteiger partial charge in [-0.3, -0.25) is 19.3 Å². The molecular weight excluding hydrogens is 518 g/mol. The number of hydrogen-bond donors (Lipinski definition) is 6. The van der Waals surface area contributed by atoms with Crippen LogP contribution in [0.3, 0.4) is 0 Å². The van der Waals surface area contributed by atoms with Gasteiger partial charge in [0, 0.05) is 23.1 Å². The number of nitrogens with one attached hydrogen (secondary N) is 1. The van der Waals surface area contributed by atoms with E-state index >= 15 is 0 Å². The number of rotatable bonds is 6. The third-order valence-corrected chi connectivity index (χ3v) is 8.22. The van der Waals surface area contributed by atoms with E-state index in [9.17, 15) is 34.8 Å². The smallest absolute Gasteiger partial charge is 0.255 e. The van der Waals surface area contributed by atoms with Crippen molar-refractivity contribution >= 4 is 17.5 Å². The zero-order valence-corrected chi connectivity index (χ0v) is 22.7. The number of aliphatic hydroxyl groups is 3. The molecule has 0 radical (unpaired) electrons. The largest absolute Gasteiger partial charge is 0.510 e. The molecule has 0 aliphatic heterocycles. The highest BCUT2D eigenvalue weighted by molar-refractivity contribution is 6.24. The molecule has 0 saturated carbocycles. The molecule has 1 heterocycles. The predicted octanol–water partition coefficient (Wildman–Crippen LogP) is 1.88. The number of furan rings is 1. The maximum atomic E-state index is 13.9. The molecule has 3 aliphatic rings. The number of Topliss-reactive ketones (excluding diaryl/α,β-unsaturated/α-hetero) is 2. The molecule has 11 nitrogen and oxygen atoms in total. The van der Waals surface area contributed by atoms with Crippen molar-refractivity contribution in [1.29, 1.82) is 0 Å². The summed E-state index contributed by atoms with van der Waals surface area (Å²) in [6.45, 7) is 4.54. The predicted molar refractivity (Wildman–Crippen MR) is 143 cm³/mol. The fourth-order valence-electron chi connectivity index (χ4n) is 6.40. The Morgan fingerprint density at radius 2 is 1.88 bits per heavy atom. The number of carbonyl (C=O) groups excluding carboxylic acids is 3. The quantitative estimate of drug-likeness (QED) is 0.289.